The van der Waals surface area contributed by atoms with Gasteiger partial charge in [-0.2, -0.15) is 10.2 Å². The standard InChI is InChI=1S/C16H20N6O2.ClH/c1-17-12-5-13(10-23-9-12)24-16-15-3-4-18-22(15)8-14(20-16)11-6-19-21(2)7-11;/h3-4,6-8,12-13,17H,5,9-10H2,1-2H3;1H/t12-,13+;/m1./s1. The highest BCUT2D eigenvalue weighted by molar-refractivity contribution is 5.85. The molecule has 4 heterocycles. The van der Waals surface area contributed by atoms with Crippen LogP contribution in [0.1, 0.15) is 6.42 Å². The van der Waals surface area contributed by atoms with Crippen molar-refractivity contribution in [2.24, 2.45) is 7.05 Å². The van der Waals surface area contributed by atoms with Gasteiger partial charge in [-0.3, -0.25) is 4.68 Å². The average Bonchev–Trinajstić information content (AvgIpc) is 3.23. The normalized spacial score (nSPS) is 20.4. The second-order valence-corrected chi connectivity index (χ2v) is 5.99. The molecule has 0 bridgehead atoms. The Morgan fingerprint density at radius 2 is 2.16 bits per heavy atom. The molecule has 0 aliphatic carbocycles. The zero-order chi connectivity index (χ0) is 16.5. The summed E-state index contributed by atoms with van der Waals surface area (Å²) in [6.07, 6.45) is 8.17. The number of ether oxygens (including phenoxy) is 2. The van der Waals surface area contributed by atoms with Crippen molar-refractivity contribution in [3.8, 4) is 17.1 Å². The molecule has 8 nitrogen and oxygen atoms in total. The maximum absolute atomic E-state index is 6.16. The van der Waals surface area contributed by atoms with E-state index in [9.17, 15) is 0 Å². The summed E-state index contributed by atoms with van der Waals surface area (Å²) < 4.78 is 15.3. The molecule has 1 aliphatic rings. The van der Waals surface area contributed by atoms with E-state index in [1.807, 2.05) is 32.6 Å². The van der Waals surface area contributed by atoms with Gasteiger partial charge in [-0.05, 0) is 13.1 Å². The van der Waals surface area contributed by atoms with Crippen LogP contribution < -0.4 is 10.1 Å². The number of aromatic nitrogens is 5. The molecule has 0 saturated carbocycles. The Morgan fingerprint density at radius 3 is 2.92 bits per heavy atom. The van der Waals surface area contributed by atoms with Gasteiger partial charge in [-0.25, -0.2) is 9.50 Å². The van der Waals surface area contributed by atoms with Crippen molar-refractivity contribution >= 4 is 17.9 Å². The summed E-state index contributed by atoms with van der Waals surface area (Å²) in [6.45, 7) is 1.28. The predicted octanol–water partition coefficient (Wildman–Crippen LogP) is 1.31. The maximum atomic E-state index is 6.16. The fourth-order valence-electron chi connectivity index (χ4n) is 2.91. The number of nitrogens with one attached hydrogen (secondary N) is 1. The third kappa shape index (κ3) is 3.60. The monoisotopic (exact) mass is 364 g/mol. The van der Waals surface area contributed by atoms with Gasteiger partial charge in [0.15, 0.2) is 0 Å². The van der Waals surface area contributed by atoms with Gasteiger partial charge in [0, 0.05) is 31.3 Å². The molecule has 2 atom stereocenters. The van der Waals surface area contributed by atoms with E-state index in [1.165, 1.54) is 0 Å². The van der Waals surface area contributed by atoms with Crippen molar-refractivity contribution in [3.63, 3.8) is 0 Å². The van der Waals surface area contributed by atoms with E-state index in [-0.39, 0.29) is 18.5 Å². The Morgan fingerprint density at radius 1 is 1.28 bits per heavy atom. The minimum absolute atomic E-state index is 0. The van der Waals surface area contributed by atoms with Gasteiger partial charge in [0.05, 0.1) is 37.5 Å². The van der Waals surface area contributed by atoms with Crippen LogP contribution in [-0.2, 0) is 11.8 Å². The van der Waals surface area contributed by atoms with Crippen LogP contribution in [0.25, 0.3) is 16.8 Å². The molecule has 9 heteroatoms. The fraction of sp³-hybridized carbons (Fsp3) is 0.438. The molecule has 0 spiro atoms. The van der Waals surface area contributed by atoms with Crippen LogP contribution in [0.2, 0.25) is 0 Å². The summed E-state index contributed by atoms with van der Waals surface area (Å²) in [5, 5.41) is 11.8. The van der Waals surface area contributed by atoms with Gasteiger partial charge < -0.3 is 14.8 Å². The Labute approximate surface area is 151 Å². The molecule has 3 aromatic rings. The van der Waals surface area contributed by atoms with Gasteiger partial charge >= 0.3 is 0 Å². The van der Waals surface area contributed by atoms with E-state index in [0.29, 0.717) is 25.1 Å². The number of likely N-dealkylation sites (N-methyl/N-ethyl adjacent to an activating group) is 1. The highest BCUT2D eigenvalue weighted by atomic mass is 35.5. The summed E-state index contributed by atoms with van der Waals surface area (Å²) in [4.78, 5) is 4.69. The SMILES string of the molecule is CN[C@H]1COC[C@@H](Oc2nc(-c3cnn(C)c3)cn3nccc23)C1.Cl. The van der Waals surface area contributed by atoms with E-state index in [2.05, 4.69) is 20.5 Å². The van der Waals surface area contributed by atoms with E-state index < -0.39 is 0 Å². The van der Waals surface area contributed by atoms with Crippen molar-refractivity contribution in [2.45, 2.75) is 18.6 Å². The topological polar surface area (TPSA) is 78.5 Å². The van der Waals surface area contributed by atoms with Crippen LogP contribution in [0.5, 0.6) is 5.88 Å². The predicted molar refractivity (Wildman–Crippen MR) is 95.1 cm³/mol. The Balaban J connectivity index is 0.00000182. The second kappa shape index (κ2) is 7.38. The first kappa shape index (κ1) is 17.7. The van der Waals surface area contributed by atoms with Crippen LogP contribution in [0.4, 0.5) is 0 Å². The van der Waals surface area contributed by atoms with Crippen molar-refractivity contribution in [2.75, 3.05) is 20.3 Å². The molecule has 0 amide bonds. The minimum atomic E-state index is -0.0356. The number of halogens is 1. The minimum Gasteiger partial charge on any atom is -0.470 e. The molecular weight excluding hydrogens is 344 g/mol. The Kier molecular flexibility index (Phi) is 5.22. The lowest BCUT2D eigenvalue weighted by molar-refractivity contribution is -0.0108. The van der Waals surface area contributed by atoms with Gasteiger partial charge in [0.25, 0.3) is 0 Å². The molecule has 0 radical (unpaired) electrons. The van der Waals surface area contributed by atoms with Crippen LogP contribution in [0.3, 0.4) is 0 Å². The number of hydrogen-bond donors (Lipinski definition) is 1. The number of aryl methyl sites for hydroxylation is 1. The number of rotatable bonds is 4. The smallest absolute Gasteiger partial charge is 0.241 e. The molecule has 1 aliphatic heterocycles. The fourth-order valence-corrected chi connectivity index (χ4v) is 2.91. The number of hydrogen-bond acceptors (Lipinski definition) is 6. The maximum Gasteiger partial charge on any atom is 0.241 e. The quantitative estimate of drug-likeness (QED) is 0.752. The van der Waals surface area contributed by atoms with Crippen LogP contribution in [-0.4, -0.2) is 56.8 Å². The van der Waals surface area contributed by atoms with Gasteiger partial charge in [0.2, 0.25) is 5.88 Å². The molecule has 3 aromatic heterocycles. The highest BCUT2D eigenvalue weighted by Gasteiger charge is 2.24. The average molecular weight is 365 g/mol. The third-order valence-corrected chi connectivity index (χ3v) is 4.21. The molecule has 134 valence electrons. The molecular formula is C16H21ClN6O2. The van der Waals surface area contributed by atoms with Crippen molar-refractivity contribution in [1.29, 1.82) is 0 Å². The summed E-state index contributed by atoms with van der Waals surface area (Å²) in [6, 6.07) is 2.19. The molecule has 1 fully saturated rings. The van der Waals surface area contributed by atoms with Crippen molar-refractivity contribution in [1.82, 2.24) is 29.7 Å². The van der Waals surface area contributed by atoms with Crippen LogP contribution >= 0.6 is 12.4 Å². The van der Waals surface area contributed by atoms with Crippen molar-refractivity contribution < 1.29 is 9.47 Å². The second-order valence-electron chi connectivity index (χ2n) is 5.99. The lowest BCUT2D eigenvalue weighted by Crippen LogP contribution is -2.43. The first-order valence-corrected chi connectivity index (χ1v) is 7.98. The lowest BCUT2D eigenvalue weighted by Gasteiger charge is -2.29. The molecule has 0 aromatic carbocycles. The first-order chi connectivity index (χ1) is 11.7. The highest BCUT2D eigenvalue weighted by Crippen LogP contribution is 2.25. The van der Waals surface area contributed by atoms with Crippen LogP contribution in [0, 0.1) is 0 Å². The van der Waals surface area contributed by atoms with E-state index >= 15 is 0 Å². The molecule has 1 N–H and O–H groups in total. The number of nitrogens with zero attached hydrogens (tertiary/aromatic N) is 5. The molecule has 1 saturated heterocycles. The largest absolute Gasteiger partial charge is 0.470 e. The van der Waals surface area contributed by atoms with Crippen molar-refractivity contribution in [3.05, 3.63) is 30.9 Å². The van der Waals surface area contributed by atoms with Gasteiger partial charge in [-0.1, -0.05) is 0 Å². The molecule has 25 heavy (non-hydrogen) atoms. The number of fused-ring (bicyclic) bond motifs is 1. The van der Waals surface area contributed by atoms with Gasteiger partial charge in [0.1, 0.15) is 11.6 Å². The summed E-state index contributed by atoms with van der Waals surface area (Å²) >= 11 is 0. The van der Waals surface area contributed by atoms with E-state index in [1.54, 1.807) is 21.6 Å². The Bertz CT molecular complexity index is 848. The zero-order valence-corrected chi connectivity index (χ0v) is 14.9. The zero-order valence-electron chi connectivity index (χ0n) is 14.1. The van der Waals surface area contributed by atoms with Gasteiger partial charge in [-0.15, -0.1) is 12.4 Å². The summed E-state index contributed by atoms with van der Waals surface area (Å²) in [7, 11) is 3.82. The molecule has 4 rings (SSSR count). The summed E-state index contributed by atoms with van der Waals surface area (Å²) in [5.74, 6) is 0.569. The van der Waals surface area contributed by atoms with E-state index in [4.69, 9.17) is 9.47 Å². The lowest BCUT2D eigenvalue weighted by atomic mass is 10.1. The van der Waals surface area contributed by atoms with E-state index in [0.717, 1.165) is 23.2 Å². The Hall–Kier alpha value is -2.16. The first-order valence-electron chi connectivity index (χ1n) is 7.98. The van der Waals surface area contributed by atoms with Crippen LogP contribution in [0.15, 0.2) is 30.9 Å². The molecule has 0 unspecified atom stereocenters. The third-order valence-electron chi connectivity index (χ3n) is 4.21. The summed E-state index contributed by atoms with van der Waals surface area (Å²) in [5.41, 5.74) is 2.54.